The molecular weight excluding hydrogens is 406 g/mol. The van der Waals surface area contributed by atoms with E-state index >= 15 is 0 Å². The van der Waals surface area contributed by atoms with Gasteiger partial charge in [-0.15, -0.1) is 0 Å². The predicted molar refractivity (Wildman–Crippen MR) is 107 cm³/mol. The Morgan fingerprint density at radius 1 is 1.26 bits per heavy atom. The molecule has 31 heavy (non-hydrogen) atoms. The normalized spacial score (nSPS) is 30.5. The van der Waals surface area contributed by atoms with Gasteiger partial charge in [-0.1, -0.05) is 0 Å². The number of nitrogens with two attached hydrogens (primary N) is 1. The van der Waals surface area contributed by atoms with Crippen molar-refractivity contribution in [2.24, 2.45) is 7.05 Å². The monoisotopic (exact) mass is 429 g/mol. The van der Waals surface area contributed by atoms with Gasteiger partial charge in [0.25, 0.3) is 5.91 Å². The Morgan fingerprint density at radius 3 is 2.71 bits per heavy atom. The molecule has 164 valence electrons. The molecule has 2 fully saturated rings. The smallest absolute Gasteiger partial charge is 0.252 e. The number of nitrogen functional groups attached to an aromatic ring is 1. The molecule has 0 radical (unpaired) electrons. The number of nitrogens with zero attached hydrogens (tertiary/aromatic N) is 5. The zero-order chi connectivity index (χ0) is 21.9. The Morgan fingerprint density at radius 2 is 2.03 bits per heavy atom. The summed E-state index contributed by atoms with van der Waals surface area (Å²) in [5, 5.41) is 38.2. The minimum atomic E-state index is -1.44. The average Bonchev–Trinajstić information content (AvgIpc) is 3.38. The van der Waals surface area contributed by atoms with Crippen LogP contribution in [0.4, 0.5) is 5.82 Å². The van der Waals surface area contributed by atoms with Gasteiger partial charge in [0, 0.05) is 31.0 Å². The predicted octanol–water partition coefficient (Wildman–Crippen LogP) is -1.33. The van der Waals surface area contributed by atoms with Crippen LogP contribution in [0.2, 0.25) is 0 Å². The van der Waals surface area contributed by atoms with E-state index in [0.29, 0.717) is 35.1 Å². The molecule has 1 aliphatic heterocycles. The van der Waals surface area contributed by atoms with Gasteiger partial charge in [-0.25, -0.2) is 9.97 Å². The molecule has 6 N–H and O–H groups in total. The van der Waals surface area contributed by atoms with Gasteiger partial charge in [-0.05, 0) is 18.9 Å². The van der Waals surface area contributed by atoms with E-state index in [2.05, 4.69) is 20.4 Å². The third-order valence-electron chi connectivity index (χ3n) is 5.86. The number of amides is 1. The van der Waals surface area contributed by atoms with E-state index in [0.717, 1.165) is 0 Å². The molecule has 0 aromatic carbocycles. The zero-order valence-electron chi connectivity index (χ0n) is 16.7. The zero-order valence-corrected chi connectivity index (χ0v) is 16.7. The number of aryl methyl sites for hydroxylation is 1. The van der Waals surface area contributed by atoms with Crippen LogP contribution in [0.25, 0.3) is 22.3 Å². The summed E-state index contributed by atoms with van der Waals surface area (Å²) in [7, 11) is 1.78. The number of rotatable bonds is 4. The van der Waals surface area contributed by atoms with E-state index in [1.165, 1.54) is 10.9 Å². The highest BCUT2D eigenvalue weighted by Crippen LogP contribution is 2.38. The number of fused-ring (bicyclic) bond motifs is 1. The number of carbonyl (C=O) groups is 1. The molecule has 0 spiro atoms. The molecule has 1 amide bonds. The molecule has 3 aromatic heterocycles. The van der Waals surface area contributed by atoms with Crippen LogP contribution < -0.4 is 11.1 Å². The molecule has 4 heterocycles. The highest BCUT2D eigenvalue weighted by atomic mass is 16.6. The van der Waals surface area contributed by atoms with Gasteiger partial charge in [-0.3, -0.25) is 9.48 Å². The third kappa shape index (κ3) is 3.24. The molecule has 5 rings (SSSR count). The van der Waals surface area contributed by atoms with E-state index < -0.39 is 36.6 Å². The fourth-order valence-corrected chi connectivity index (χ4v) is 4.15. The van der Waals surface area contributed by atoms with E-state index in [4.69, 9.17) is 10.5 Å². The fourth-order valence-electron chi connectivity index (χ4n) is 4.15. The molecule has 12 heteroatoms. The van der Waals surface area contributed by atoms with Gasteiger partial charge in [0.15, 0.2) is 12.3 Å². The van der Waals surface area contributed by atoms with Crippen LogP contribution in [0, 0.1) is 0 Å². The molecule has 3 aromatic rings. The summed E-state index contributed by atoms with van der Waals surface area (Å²) in [6.45, 7) is 0. The summed E-state index contributed by atoms with van der Waals surface area (Å²) < 4.78 is 8.97. The molecule has 1 saturated carbocycles. The highest BCUT2D eigenvalue weighted by molar-refractivity contribution is 5.99. The summed E-state index contributed by atoms with van der Waals surface area (Å²) in [6, 6.07) is 1.63. The van der Waals surface area contributed by atoms with Crippen molar-refractivity contribution in [2.75, 3.05) is 5.73 Å². The first kappa shape index (κ1) is 19.9. The molecule has 1 saturated heterocycles. The van der Waals surface area contributed by atoms with Gasteiger partial charge in [-0.2, -0.15) is 5.10 Å². The molecule has 0 bridgehead atoms. The first-order valence-corrected chi connectivity index (χ1v) is 9.94. The van der Waals surface area contributed by atoms with Crippen molar-refractivity contribution in [1.82, 2.24) is 29.6 Å². The Labute approximate surface area is 176 Å². The topological polar surface area (TPSA) is 174 Å². The summed E-state index contributed by atoms with van der Waals surface area (Å²) >= 11 is 0. The standard InChI is InChI=1S/C19H23N7O5/c1-25-3-2-11(24-25)10-6-26(17-12(10)16(20)21-7-22-17)19-14(29)13(28)15(31-19)18(30)23-8-4-9(27)5-8/h2-3,6-9,13-15,19,27-29H,4-5H2,1H3,(H,23,30)(H2,20,21,22)/t8-,9-,13-,14+,15-,19+/m0/s1. The number of ether oxygens (including phenoxy) is 1. The maximum absolute atomic E-state index is 12.6. The minimum absolute atomic E-state index is 0.176. The number of nitrogens with one attached hydrogen (secondary N) is 1. The molecule has 1 aliphatic carbocycles. The second kappa shape index (κ2) is 7.27. The number of hydrogen-bond acceptors (Lipinski definition) is 9. The number of aromatic nitrogens is 5. The SMILES string of the molecule is Cn1ccc(-c2cn([C@@H]3O[C@H](C(=O)N[C@H]4C[C@H](O)C4)[C@@H](O)[C@H]3O)c3ncnc(N)c23)n1. The van der Waals surface area contributed by atoms with Crippen molar-refractivity contribution >= 4 is 22.8 Å². The van der Waals surface area contributed by atoms with Crippen molar-refractivity contribution in [3.63, 3.8) is 0 Å². The lowest BCUT2D eigenvalue weighted by atomic mass is 9.89. The number of aliphatic hydroxyl groups excluding tert-OH is 3. The molecule has 4 atom stereocenters. The Balaban J connectivity index is 1.49. The van der Waals surface area contributed by atoms with Crippen LogP contribution in [-0.4, -0.2) is 76.0 Å². The first-order valence-electron chi connectivity index (χ1n) is 9.94. The molecule has 2 aliphatic rings. The molecular formula is C19H23N7O5. The lowest BCUT2D eigenvalue weighted by Crippen LogP contribution is -2.52. The van der Waals surface area contributed by atoms with Gasteiger partial charge in [0.05, 0.1) is 17.2 Å². The van der Waals surface area contributed by atoms with Crippen molar-refractivity contribution < 1.29 is 24.9 Å². The van der Waals surface area contributed by atoms with Crippen molar-refractivity contribution in [1.29, 1.82) is 0 Å². The van der Waals surface area contributed by atoms with Crippen molar-refractivity contribution in [3.05, 3.63) is 24.8 Å². The van der Waals surface area contributed by atoms with Crippen LogP contribution in [0.3, 0.4) is 0 Å². The van der Waals surface area contributed by atoms with Crippen LogP contribution in [0.15, 0.2) is 24.8 Å². The van der Waals surface area contributed by atoms with E-state index in [9.17, 15) is 20.1 Å². The van der Waals surface area contributed by atoms with Gasteiger partial charge in [0.1, 0.15) is 30.0 Å². The highest BCUT2D eigenvalue weighted by Gasteiger charge is 2.48. The van der Waals surface area contributed by atoms with Crippen LogP contribution in [0.5, 0.6) is 0 Å². The summed E-state index contributed by atoms with van der Waals surface area (Å²) in [5.74, 6) is -0.309. The Hall–Kier alpha value is -3.06. The lowest BCUT2D eigenvalue weighted by Gasteiger charge is -2.32. The maximum atomic E-state index is 12.6. The third-order valence-corrected chi connectivity index (χ3v) is 5.86. The summed E-state index contributed by atoms with van der Waals surface area (Å²) in [5.41, 5.74) is 7.74. The van der Waals surface area contributed by atoms with Gasteiger partial charge >= 0.3 is 0 Å². The second-order valence-electron chi connectivity index (χ2n) is 8.04. The van der Waals surface area contributed by atoms with E-state index in [1.807, 2.05) is 0 Å². The van der Waals surface area contributed by atoms with E-state index in [-0.39, 0.29) is 11.9 Å². The Kier molecular flexibility index (Phi) is 4.66. The van der Waals surface area contributed by atoms with Gasteiger partial charge in [0.2, 0.25) is 0 Å². The second-order valence-corrected chi connectivity index (χ2v) is 8.04. The van der Waals surface area contributed by atoms with E-state index in [1.54, 1.807) is 30.2 Å². The van der Waals surface area contributed by atoms with Gasteiger partial charge < -0.3 is 35.7 Å². The summed E-state index contributed by atoms with van der Waals surface area (Å²) in [6.07, 6.45) is 0.0384. The van der Waals surface area contributed by atoms with Crippen molar-refractivity contribution in [2.45, 2.75) is 49.5 Å². The van der Waals surface area contributed by atoms with Crippen molar-refractivity contribution in [3.8, 4) is 11.3 Å². The minimum Gasteiger partial charge on any atom is -0.393 e. The number of aliphatic hydroxyl groups is 3. The number of carbonyl (C=O) groups excluding carboxylic acids is 1. The summed E-state index contributed by atoms with van der Waals surface area (Å²) in [4.78, 5) is 20.9. The van der Waals surface area contributed by atoms with Crippen LogP contribution in [0.1, 0.15) is 19.1 Å². The first-order chi connectivity index (χ1) is 14.8. The largest absolute Gasteiger partial charge is 0.393 e. The van der Waals surface area contributed by atoms with Crippen LogP contribution >= 0.6 is 0 Å². The number of anilines is 1. The molecule has 0 unspecified atom stereocenters. The fraction of sp³-hybridized carbons (Fsp3) is 0.474. The molecule has 12 nitrogen and oxygen atoms in total. The lowest BCUT2D eigenvalue weighted by molar-refractivity contribution is -0.139. The number of hydrogen-bond donors (Lipinski definition) is 5. The quantitative estimate of drug-likeness (QED) is 0.337. The Bertz CT molecular complexity index is 1140. The average molecular weight is 429 g/mol. The van der Waals surface area contributed by atoms with Crippen LogP contribution in [-0.2, 0) is 16.6 Å². The maximum Gasteiger partial charge on any atom is 0.252 e.